The van der Waals surface area contributed by atoms with Crippen LogP contribution in [0.4, 0.5) is 0 Å². The molecule has 0 aromatic rings. The van der Waals surface area contributed by atoms with E-state index in [4.69, 9.17) is 25.4 Å². The number of ether oxygens (including phenoxy) is 2. The number of carbonyl (C=O) groups excluding carboxylic acids is 3. The molecule has 8 aliphatic heterocycles. The molecule has 24 heteroatoms. The molecule has 1 unspecified atom stereocenters. The van der Waals surface area contributed by atoms with Crippen molar-refractivity contribution in [2.75, 3.05) is 153 Å². The maximum atomic E-state index is 12.2. The molecule has 3 amide bonds. The monoisotopic (exact) mass is 2220 g/mol. The predicted molar refractivity (Wildman–Crippen MR) is 640 cm³/mol. The zero-order valence-electron chi connectivity index (χ0n) is 104. The highest BCUT2D eigenvalue weighted by molar-refractivity contribution is 9.09. The van der Waals surface area contributed by atoms with Gasteiger partial charge in [-0.15, -0.1) is 0 Å². The van der Waals surface area contributed by atoms with E-state index in [1.54, 1.807) is 18.7 Å². The SMILES string of the molecule is CC(C)(C)CC(C)(C)O.CC(C)(C)CC1CC(O)C1.CC(C)(C)CC1CCC(Br)CC1.CC(C)(C)CC1CCC(C(C)(C)O)CC1.CC(C)(C)CC1CCS(=O)(=O)CC1.CC(C)(C)CCO.CC(C)(C)CN1CCC(CN)CC1=O.CC(C)(C)CN1CCS(=O)(=O)CC1.CC(C)CC1CCN(C(=O)C(C)(C)O)CC1.CC(C)CC1CCN(C(=O)CN2CCOCC2)CC1.CC(C)CC1CCOCC1.CC(C)CC1CCSCC1. The van der Waals surface area contributed by atoms with E-state index in [-0.39, 0.29) is 34.2 Å². The molecule has 11 rings (SSSR count). The van der Waals surface area contributed by atoms with Crippen molar-refractivity contribution in [1.29, 1.82) is 0 Å². The lowest BCUT2D eigenvalue weighted by atomic mass is 9.71. The van der Waals surface area contributed by atoms with Crippen LogP contribution in [0.25, 0.3) is 0 Å². The van der Waals surface area contributed by atoms with Crippen molar-refractivity contribution in [3.63, 3.8) is 0 Å². The van der Waals surface area contributed by atoms with Crippen molar-refractivity contribution < 1.29 is 66.2 Å². The number of alkyl halides is 1. The molecule has 20 nitrogen and oxygen atoms in total. The Bertz CT molecular complexity index is 3500. The number of thioether (sulfide) groups is 1. The summed E-state index contributed by atoms with van der Waals surface area (Å²) in [5, 5.41) is 46.4. The minimum absolute atomic E-state index is 0.0207. The topological polar surface area (TPSA) is 281 Å². The van der Waals surface area contributed by atoms with Crippen LogP contribution in [0.5, 0.6) is 0 Å². The molecule has 3 aliphatic carbocycles. The lowest BCUT2D eigenvalue weighted by Gasteiger charge is -2.37. The van der Waals surface area contributed by atoms with Gasteiger partial charge in [-0.05, 0) is 372 Å². The Kier molecular flexibility index (Phi) is 70.1. The Labute approximate surface area is 930 Å². The van der Waals surface area contributed by atoms with Crippen LogP contribution in [0.15, 0.2) is 0 Å². The average Bonchev–Trinajstić information content (AvgIpc) is 0.835. The smallest absolute Gasteiger partial charge is 0.253 e. The van der Waals surface area contributed by atoms with Gasteiger partial charge in [0, 0.05) is 103 Å². The maximum absolute atomic E-state index is 12.2. The highest BCUT2D eigenvalue weighted by Crippen LogP contribution is 2.43. The first-order valence-electron chi connectivity index (χ1n) is 59.7. The number of hydrogen-bond acceptors (Lipinski definition) is 18. The molecule has 0 bridgehead atoms. The first kappa shape index (κ1) is 147. The summed E-state index contributed by atoms with van der Waals surface area (Å²) >= 11 is 5.82. The molecule has 0 radical (unpaired) electrons. The number of aliphatic hydroxyl groups excluding tert-OH is 2. The van der Waals surface area contributed by atoms with Crippen LogP contribution in [-0.4, -0.2) is 265 Å². The zero-order chi connectivity index (χ0) is 114. The van der Waals surface area contributed by atoms with E-state index in [0.717, 1.165) is 219 Å². The van der Waals surface area contributed by atoms with Crippen molar-refractivity contribution >= 4 is 65.1 Å². The molecular weight excluding hydrogens is 1970 g/mol. The fraction of sp³-hybridized carbons (Fsp3) is 0.976. The van der Waals surface area contributed by atoms with Gasteiger partial charge in [0.2, 0.25) is 11.8 Å². The van der Waals surface area contributed by atoms with E-state index in [2.05, 4.69) is 264 Å². The van der Waals surface area contributed by atoms with Gasteiger partial charge in [-0.3, -0.25) is 19.3 Å². The number of sulfone groups is 2. The van der Waals surface area contributed by atoms with Crippen molar-refractivity contribution in [3.8, 4) is 0 Å². The summed E-state index contributed by atoms with van der Waals surface area (Å²) in [6.07, 6.45) is 38.7. The van der Waals surface area contributed by atoms with E-state index in [1.165, 1.54) is 146 Å². The van der Waals surface area contributed by atoms with Gasteiger partial charge in [-0.1, -0.05) is 250 Å². The maximum Gasteiger partial charge on any atom is 0.253 e. The molecule has 0 aromatic heterocycles. The third-order valence-electron chi connectivity index (χ3n) is 29.4. The van der Waals surface area contributed by atoms with Gasteiger partial charge in [0.25, 0.3) is 5.91 Å². The molecular formula is C124H249BrN6O14S3. The van der Waals surface area contributed by atoms with E-state index in [0.29, 0.717) is 113 Å². The second kappa shape index (κ2) is 70.7. The van der Waals surface area contributed by atoms with Crippen LogP contribution in [0.3, 0.4) is 0 Å². The second-order valence-corrected chi connectivity index (χ2v) is 67.4. The van der Waals surface area contributed by atoms with Crippen LogP contribution >= 0.6 is 27.7 Å². The molecule has 7 N–H and O–H groups in total. The minimum Gasteiger partial charge on any atom is -0.396 e. The van der Waals surface area contributed by atoms with Crippen LogP contribution in [0.1, 0.15) is 469 Å². The van der Waals surface area contributed by atoms with Crippen LogP contribution in [-0.2, 0) is 43.5 Å². The third kappa shape index (κ3) is 83.1. The van der Waals surface area contributed by atoms with Gasteiger partial charge < -0.3 is 60.3 Å². The molecule has 8 saturated heterocycles. The van der Waals surface area contributed by atoms with Crippen LogP contribution in [0.2, 0.25) is 0 Å². The molecule has 1 atom stereocenters. The van der Waals surface area contributed by atoms with Crippen molar-refractivity contribution in [1.82, 2.24) is 24.5 Å². The number of morpholine rings is 1. The number of piperidine rings is 3. The first-order valence-corrected chi connectivity index (χ1v) is 65.4. The summed E-state index contributed by atoms with van der Waals surface area (Å²) in [5.41, 5.74) is 6.15. The number of likely N-dealkylation sites (tertiary alicyclic amines) is 3. The van der Waals surface area contributed by atoms with Gasteiger partial charge in [-0.2, -0.15) is 11.8 Å². The van der Waals surface area contributed by atoms with E-state index >= 15 is 0 Å². The summed E-state index contributed by atoms with van der Waals surface area (Å²) in [4.78, 5) is 46.9. The number of hydrogen-bond donors (Lipinski definition) is 6. The molecule has 0 aromatic carbocycles. The van der Waals surface area contributed by atoms with Gasteiger partial charge in [0.15, 0.2) is 9.84 Å². The van der Waals surface area contributed by atoms with E-state index in [1.807, 2.05) is 32.6 Å². The summed E-state index contributed by atoms with van der Waals surface area (Å²) in [5.74, 6) is 15.9. The number of rotatable bonds is 21. The lowest BCUT2D eigenvalue weighted by Crippen LogP contribution is -2.48. The summed E-state index contributed by atoms with van der Waals surface area (Å²) in [7, 11) is -5.38. The minimum atomic E-state index is -2.71. The normalized spacial score (nSPS) is 23.8. The fourth-order valence-corrected chi connectivity index (χ4v) is 27.4. The first-order chi connectivity index (χ1) is 67.4. The zero-order valence-corrected chi connectivity index (χ0v) is 108. The second-order valence-electron chi connectivity index (χ2n) is 60.3. The fourth-order valence-electron chi connectivity index (χ4n) is 22.8. The molecule has 148 heavy (non-hydrogen) atoms. The number of nitrogens with zero attached hydrogens (tertiary/aromatic N) is 5. The summed E-state index contributed by atoms with van der Waals surface area (Å²) < 4.78 is 55.2. The van der Waals surface area contributed by atoms with Crippen molar-refractivity contribution in [3.05, 3.63) is 0 Å². The van der Waals surface area contributed by atoms with Crippen LogP contribution in [0, 0.1) is 126 Å². The molecule has 11 fully saturated rings. The Morgan fingerprint density at radius 1 is 0.399 bits per heavy atom. The van der Waals surface area contributed by atoms with Crippen LogP contribution < -0.4 is 5.73 Å². The van der Waals surface area contributed by atoms with Gasteiger partial charge in [-0.25, -0.2) is 16.8 Å². The Hall–Kier alpha value is -1.26. The number of nitrogens with two attached hydrogens (primary N) is 1. The number of carbonyl (C=O) groups is 3. The predicted octanol–water partition coefficient (Wildman–Crippen LogP) is 27.7. The van der Waals surface area contributed by atoms with Crippen molar-refractivity contribution in [2.45, 2.75) is 496 Å². The highest BCUT2D eigenvalue weighted by Gasteiger charge is 2.38. The number of aliphatic hydroxyl groups is 5. The van der Waals surface area contributed by atoms with E-state index in [9.17, 15) is 46.5 Å². The molecule has 884 valence electrons. The Morgan fingerprint density at radius 3 is 1.08 bits per heavy atom. The molecule has 8 heterocycles. The summed E-state index contributed by atoms with van der Waals surface area (Å²) in [6, 6.07) is 0. The third-order valence-corrected chi connectivity index (χ3v) is 34.7. The largest absolute Gasteiger partial charge is 0.396 e. The standard InChI is InChI=1S/C15H28N2O2.C14H28O.C13H25NO2.C11H21Br.C11H22N2O.C10H20O2S.C9H19NO2S.2C9H18O.C9H18S.C8H18O.C6H14O/c1-13(2)11-14-3-5-17(6-4-14)15(18)12-16-7-9-19-10-8-16;1-13(2,3)10-11-6-8-12(9-7-11)14(4,5)15;1-10(2)9-11-5-7-14(8-6-11)12(15)13(3,4)16;1-11(2,3)8-9-4-6-10(12)7-5-9;1-11(2,3)8-13-5-4-9(7-12)6-10(13)14;1-10(2,3)8-9-4-6-13(11,12)7-5-9;1-9(2,3)8-10-4-6-13(11,12)7-5-10;1-9(2,3)6-7-4-8(10)5-7;2*1-8(2)7-9-3-5-10-6-4-9;1-7(2,3)6-8(4,5)9;1-6(2,3)4-5-7/h13-14H,3-12H2,1-2H3;11-12,15H,6-10H2,1-5H3;10-11,16H,5-9H2,1-4H3;9-10H,4-8H2,1-3H3;9H,4-8,12H2,1-3H3;9H,4-8H2,1-3H3;4-8H2,1-3H3;7-8,10H,4-6H2,1-3H3;2*8-9H,3-7H2,1-2H3;9H,6H2,1-5H3;7H,4-5H2,1-3H3. The van der Waals surface area contributed by atoms with Gasteiger partial charge in [0.1, 0.15) is 15.4 Å². The van der Waals surface area contributed by atoms with Gasteiger partial charge in [0.05, 0.1) is 60.1 Å². The number of amides is 3. The Morgan fingerprint density at radius 2 is 0.757 bits per heavy atom. The molecule has 3 saturated carbocycles. The lowest BCUT2D eigenvalue weighted by molar-refractivity contribution is -0.149. The van der Waals surface area contributed by atoms with E-state index < -0.39 is 36.5 Å². The average molecular weight is 2220 g/mol. The van der Waals surface area contributed by atoms with Gasteiger partial charge >= 0.3 is 0 Å². The number of halogens is 1. The summed E-state index contributed by atoms with van der Waals surface area (Å²) in [6.45, 7) is 96.9. The Balaban J connectivity index is 0.00000161. The quantitative estimate of drug-likeness (QED) is 0.0583. The molecule has 0 spiro atoms. The van der Waals surface area contributed by atoms with Crippen molar-refractivity contribution in [2.24, 2.45) is 132 Å². The highest BCUT2D eigenvalue weighted by atomic mass is 79.9. The molecule has 11 aliphatic rings.